The van der Waals surface area contributed by atoms with Crippen LogP contribution in [0.4, 0.5) is 0 Å². The summed E-state index contributed by atoms with van der Waals surface area (Å²) in [5.74, 6) is 1.95. The summed E-state index contributed by atoms with van der Waals surface area (Å²) in [6, 6.07) is 9.50. The van der Waals surface area contributed by atoms with Gasteiger partial charge in [-0.3, -0.25) is 0 Å². The van der Waals surface area contributed by atoms with Gasteiger partial charge in [-0.2, -0.15) is 5.26 Å². The molecule has 0 atom stereocenters. The summed E-state index contributed by atoms with van der Waals surface area (Å²) in [5, 5.41) is 8.64. The molecular formula is C13H12N2O2. The lowest BCUT2D eigenvalue weighted by molar-refractivity contribution is 0.415. The zero-order valence-corrected chi connectivity index (χ0v) is 9.73. The average molecular weight is 228 g/mol. The van der Waals surface area contributed by atoms with Crippen molar-refractivity contribution in [2.75, 3.05) is 7.11 Å². The van der Waals surface area contributed by atoms with Gasteiger partial charge in [0, 0.05) is 5.56 Å². The summed E-state index contributed by atoms with van der Waals surface area (Å²) in [4.78, 5) is 4.30. The van der Waals surface area contributed by atoms with Crippen LogP contribution >= 0.6 is 0 Å². The molecule has 17 heavy (non-hydrogen) atoms. The second-order valence-corrected chi connectivity index (χ2v) is 3.59. The molecular weight excluding hydrogens is 216 g/mol. The van der Waals surface area contributed by atoms with E-state index in [0.717, 1.165) is 17.0 Å². The minimum Gasteiger partial charge on any atom is -0.497 e. The molecule has 0 saturated heterocycles. The molecule has 0 amide bonds. The summed E-state index contributed by atoms with van der Waals surface area (Å²) >= 11 is 0. The molecule has 0 unspecified atom stereocenters. The number of hydrogen-bond acceptors (Lipinski definition) is 4. The van der Waals surface area contributed by atoms with Crippen molar-refractivity contribution in [3.05, 3.63) is 35.7 Å². The maximum absolute atomic E-state index is 8.64. The van der Waals surface area contributed by atoms with E-state index in [9.17, 15) is 0 Å². The topological polar surface area (TPSA) is 59.0 Å². The molecule has 1 aromatic heterocycles. The van der Waals surface area contributed by atoms with Gasteiger partial charge in [-0.15, -0.1) is 0 Å². The Hall–Kier alpha value is -2.28. The molecule has 0 aliphatic rings. The Morgan fingerprint density at radius 3 is 2.65 bits per heavy atom. The van der Waals surface area contributed by atoms with Crippen LogP contribution in [0.25, 0.3) is 11.5 Å². The normalized spacial score (nSPS) is 9.94. The monoisotopic (exact) mass is 228 g/mol. The Labute approximate surface area is 99.5 Å². The molecule has 0 fully saturated rings. The van der Waals surface area contributed by atoms with Crippen molar-refractivity contribution in [1.82, 2.24) is 4.98 Å². The number of benzene rings is 1. The molecule has 1 heterocycles. The lowest BCUT2D eigenvalue weighted by Gasteiger charge is -1.99. The Morgan fingerprint density at radius 2 is 2.06 bits per heavy atom. The van der Waals surface area contributed by atoms with Gasteiger partial charge < -0.3 is 9.15 Å². The molecule has 0 radical (unpaired) electrons. The lowest BCUT2D eigenvalue weighted by atomic mass is 10.2. The number of ether oxygens (including phenoxy) is 1. The van der Waals surface area contributed by atoms with Gasteiger partial charge >= 0.3 is 0 Å². The van der Waals surface area contributed by atoms with Gasteiger partial charge in [0.05, 0.1) is 25.3 Å². The average Bonchev–Trinajstić information content (AvgIpc) is 2.72. The quantitative estimate of drug-likeness (QED) is 0.810. The number of hydrogen-bond donors (Lipinski definition) is 0. The van der Waals surface area contributed by atoms with Crippen molar-refractivity contribution in [3.8, 4) is 23.3 Å². The molecule has 0 N–H and O–H groups in total. The summed E-state index contributed by atoms with van der Waals surface area (Å²) in [6.07, 6.45) is 0.245. The van der Waals surface area contributed by atoms with Crippen molar-refractivity contribution < 1.29 is 9.15 Å². The van der Waals surface area contributed by atoms with E-state index in [4.69, 9.17) is 14.4 Å². The standard InChI is InChI=1S/C13H12N2O2/c1-9-12(7-8-14)17-13(15-9)10-3-5-11(16-2)6-4-10/h3-6H,7H2,1-2H3. The second kappa shape index (κ2) is 4.71. The predicted octanol–water partition coefficient (Wildman–Crippen LogP) is 2.72. The molecule has 2 aromatic rings. The first-order valence-corrected chi connectivity index (χ1v) is 5.22. The number of nitrogens with zero attached hydrogens (tertiary/aromatic N) is 2. The third kappa shape index (κ3) is 2.28. The highest BCUT2D eigenvalue weighted by Crippen LogP contribution is 2.24. The SMILES string of the molecule is COc1ccc(-c2nc(C)c(CC#N)o2)cc1. The van der Waals surface area contributed by atoms with Crippen LogP contribution in [0, 0.1) is 18.3 Å². The lowest BCUT2D eigenvalue weighted by Crippen LogP contribution is -1.82. The summed E-state index contributed by atoms with van der Waals surface area (Å²) < 4.78 is 10.6. The third-order valence-corrected chi connectivity index (χ3v) is 2.47. The Balaban J connectivity index is 2.33. The van der Waals surface area contributed by atoms with Crippen LogP contribution in [0.1, 0.15) is 11.5 Å². The van der Waals surface area contributed by atoms with Crippen LogP contribution in [-0.2, 0) is 6.42 Å². The smallest absolute Gasteiger partial charge is 0.226 e. The van der Waals surface area contributed by atoms with E-state index in [-0.39, 0.29) is 6.42 Å². The maximum atomic E-state index is 8.64. The van der Waals surface area contributed by atoms with Gasteiger partial charge in [-0.05, 0) is 31.2 Å². The van der Waals surface area contributed by atoms with Crippen molar-refractivity contribution in [2.45, 2.75) is 13.3 Å². The Bertz CT molecular complexity index is 550. The van der Waals surface area contributed by atoms with Crippen molar-refractivity contribution in [3.63, 3.8) is 0 Å². The Kier molecular flexibility index (Phi) is 3.10. The van der Waals surface area contributed by atoms with Crippen molar-refractivity contribution in [2.24, 2.45) is 0 Å². The fraction of sp³-hybridized carbons (Fsp3) is 0.231. The van der Waals surface area contributed by atoms with Gasteiger partial charge in [0.2, 0.25) is 5.89 Å². The van der Waals surface area contributed by atoms with Crippen molar-refractivity contribution in [1.29, 1.82) is 5.26 Å². The van der Waals surface area contributed by atoms with Crippen molar-refractivity contribution >= 4 is 0 Å². The molecule has 4 nitrogen and oxygen atoms in total. The number of oxazole rings is 1. The number of rotatable bonds is 3. The van der Waals surface area contributed by atoms with Crippen LogP contribution in [0.3, 0.4) is 0 Å². The molecule has 86 valence electrons. The second-order valence-electron chi connectivity index (χ2n) is 3.59. The molecule has 0 aliphatic heterocycles. The largest absolute Gasteiger partial charge is 0.497 e. The van der Waals surface area contributed by atoms with E-state index >= 15 is 0 Å². The predicted molar refractivity (Wildman–Crippen MR) is 62.5 cm³/mol. The Morgan fingerprint density at radius 1 is 1.35 bits per heavy atom. The molecule has 2 rings (SSSR count). The van der Waals surface area contributed by atoms with Gasteiger partial charge in [0.1, 0.15) is 11.5 Å². The maximum Gasteiger partial charge on any atom is 0.226 e. The van der Waals surface area contributed by atoms with Gasteiger partial charge in [-0.25, -0.2) is 4.98 Å². The van der Waals surface area contributed by atoms with Crippen LogP contribution in [0.15, 0.2) is 28.7 Å². The number of aromatic nitrogens is 1. The first kappa shape index (κ1) is 11.2. The zero-order valence-electron chi connectivity index (χ0n) is 9.73. The number of nitriles is 1. The molecule has 1 aromatic carbocycles. The van der Waals surface area contributed by atoms with Crippen LogP contribution in [-0.4, -0.2) is 12.1 Å². The minimum absolute atomic E-state index is 0.245. The van der Waals surface area contributed by atoms with Gasteiger partial charge in [0.25, 0.3) is 0 Å². The summed E-state index contributed by atoms with van der Waals surface area (Å²) in [7, 11) is 1.62. The van der Waals surface area contributed by atoms with Crippen LogP contribution < -0.4 is 4.74 Å². The molecule has 0 spiro atoms. The van der Waals surface area contributed by atoms with E-state index in [1.165, 1.54) is 0 Å². The van der Waals surface area contributed by atoms with E-state index in [1.54, 1.807) is 7.11 Å². The summed E-state index contributed by atoms with van der Waals surface area (Å²) in [6.45, 7) is 1.84. The molecule has 0 saturated carbocycles. The van der Waals surface area contributed by atoms with E-state index in [1.807, 2.05) is 31.2 Å². The first-order valence-electron chi connectivity index (χ1n) is 5.22. The van der Waals surface area contributed by atoms with E-state index in [2.05, 4.69) is 11.1 Å². The van der Waals surface area contributed by atoms with Gasteiger partial charge in [0.15, 0.2) is 0 Å². The molecule has 0 bridgehead atoms. The highest BCUT2D eigenvalue weighted by atomic mass is 16.5. The fourth-order valence-corrected chi connectivity index (χ4v) is 1.52. The third-order valence-electron chi connectivity index (χ3n) is 2.47. The summed E-state index contributed by atoms with van der Waals surface area (Å²) in [5.41, 5.74) is 1.63. The number of methoxy groups -OCH3 is 1. The zero-order chi connectivity index (χ0) is 12.3. The van der Waals surface area contributed by atoms with E-state index < -0.39 is 0 Å². The highest BCUT2D eigenvalue weighted by molar-refractivity contribution is 5.55. The van der Waals surface area contributed by atoms with Gasteiger partial charge in [-0.1, -0.05) is 0 Å². The molecule has 4 heteroatoms. The van der Waals surface area contributed by atoms with Crippen LogP contribution in [0.2, 0.25) is 0 Å². The van der Waals surface area contributed by atoms with E-state index in [0.29, 0.717) is 11.7 Å². The first-order chi connectivity index (χ1) is 8.24. The highest BCUT2D eigenvalue weighted by Gasteiger charge is 2.10. The van der Waals surface area contributed by atoms with Crippen LogP contribution in [0.5, 0.6) is 5.75 Å². The fourth-order valence-electron chi connectivity index (χ4n) is 1.52. The minimum atomic E-state index is 0.245. The number of aryl methyl sites for hydroxylation is 1. The molecule has 0 aliphatic carbocycles.